The smallest absolute Gasteiger partial charge is 0.278 e. The first-order valence-electron chi connectivity index (χ1n) is 10.3. The lowest BCUT2D eigenvalue weighted by molar-refractivity contribution is -0.116. The van der Waals surface area contributed by atoms with Gasteiger partial charge in [0.15, 0.2) is 5.16 Å². The van der Waals surface area contributed by atoms with Crippen LogP contribution < -0.4 is 15.6 Å². The zero-order valence-electron chi connectivity index (χ0n) is 17.8. The van der Waals surface area contributed by atoms with Gasteiger partial charge in [0, 0.05) is 28.3 Å². The molecule has 0 radical (unpaired) electrons. The SMILES string of the molecule is COc1ccc2c(c1)c1nc3n(c(=O)c1n2CC(=O)Nc1cccc(SC)c1)CCCS3. The van der Waals surface area contributed by atoms with Crippen LogP contribution in [-0.4, -0.2) is 39.1 Å². The number of nitrogens with zero attached hydrogens (tertiary/aromatic N) is 3. The van der Waals surface area contributed by atoms with Crippen LogP contribution in [0.5, 0.6) is 5.75 Å². The topological polar surface area (TPSA) is 78.2 Å². The van der Waals surface area contributed by atoms with Crippen LogP contribution in [0.1, 0.15) is 6.42 Å². The van der Waals surface area contributed by atoms with E-state index in [1.165, 1.54) is 0 Å². The maximum absolute atomic E-state index is 13.5. The highest BCUT2D eigenvalue weighted by atomic mass is 32.2. The molecule has 5 rings (SSSR count). The molecule has 2 aromatic heterocycles. The highest BCUT2D eigenvalue weighted by molar-refractivity contribution is 7.99. The monoisotopic (exact) mass is 466 g/mol. The van der Waals surface area contributed by atoms with E-state index in [9.17, 15) is 9.59 Å². The lowest BCUT2D eigenvalue weighted by Crippen LogP contribution is -2.28. The Morgan fingerprint density at radius 3 is 2.97 bits per heavy atom. The van der Waals surface area contributed by atoms with Crippen LogP contribution in [0.2, 0.25) is 0 Å². The van der Waals surface area contributed by atoms with E-state index in [2.05, 4.69) is 5.32 Å². The number of hydrogen-bond acceptors (Lipinski definition) is 6. The largest absolute Gasteiger partial charge is 0.497 e. The molecule has 1 aliphatic heterocycles. The van der Waals surface area contributed by atoms with Crippen LogP contribution in [0.15, 0.2) is 57.3 Å². The van der Waals surface area contributed by atoms with E-state index in [4.69, 9.17) is 9.72 Å². The van der Waals surface area contributed by atoms with Crippen LogP contribution in [0, 0.1) is 0 Å². The van der Waals surface area contributed by atoms with Gasteiger partial charge in [0.1, 0.15) is 23.3 Å². The molecule has 32 heavy (non-hydrogen) atoms. The fraction of sp³-hybridized carbons (Fsp3) is 0.261. The Morgan fingerprint density at radius 2 is 2.16 bits per heavy atom. The van der Waals surface area contributed by atoms with Gasteiger partial charge in [-0.15, -0.1) is 11.8 Å². The van der Waals surface area contributed by atoms with Crippen molar-refractivity contribution in [2.24, 2.45) is 0 Å². The summed E-state index contributed by atoms with van der Waals surface area (Å²) in [4.78, 5) is 32.4. The molecule has 7 nitrogen and oxygen atoms in total. The zero-order valence-corrected chi connectivity index (χ0v) is 19.4. The third-order valence-corrected chi connectivity index (χ3v) is 7.33. The van der Waals surface area contributed by atoms with Crippen molar-refractivity contribution in [2.75, 3.05) is 24.4 Å². The second kappa shape index (κ2) is 8.55. The molecule has 1 aliphatic rings. The molecule has 1 amide bonds. The van der Waals surface area contributed by atoms with Crippen molar-refractivity contribution in [1.82, 2.24) is 14.1 Å². The van der Waals surface area contributed by atoms with Crippen molar-refractivity contribution in [3.8, 4) is 5.75 Å². The number of carbonyl (C=O) groups excluding carboxylic acids is 1. The van der Waals surface area contributed by atoms with Gasteiger partial charge in [-0.25, -0.2) is 4.98 Å². The highest BCUT2D eigenvalue weighted by Crippen LogP contribution is 2.32. The third kappa shape index (κ3) is 3.65. The molecule has 0 bridgehead atoms. The highest BCUT2D eigenvalue weighted by Gasteiger charge is 2.23. The summed E-state index contributed by atoms with van der Waals surface area (Å²) < 4.78 is 8.90. The summed E-state index contributed by atoms with van der Waals surface area (Å²) in [5.41, 5.74) is 2.47. The minimum atomic E-state index is -0.200. The molecule has 0 fully saturated rings. The number of fused-ring (bicyclic) bond motifs is 4. The molecule has 1 N–H and O–H groups in total. The van der Waals surface area contributed by atoms with Crippen LogP contribution in [0.3, 0.4) is 0 Å². The molecule has 3 heterocycles. The minimum Gasteiger partial charge on any atom is -0.497 e. The molecule has 0 spiro atoms. The molecule has 9 heteroatoms. The standard InChI is InChI=1S/C23H22N4O3S2/c1-30-15-7-8-18-17(12-15)20-21(22(29)26-9-4-10-32-23(26)25-20)27(18)13-19(28)24-14-5-3-6-16(11-14)31-2/h3,5-8,11-12H,4,9-10,13H2,1-2H3,(H,24,28). The Morgan fingerprint density at radius 1 is 1.28 bits per heavy atom. The van der Waals surface area contributed by atoms with Gasteiger partial charge in [0.25, 0.3) is 5.56 Å². The van der Waals surface area contributed by atoms with Gasteiger partial charge in [-0.2, -0.15) is 0 Å². The quantitative estimate of drug-likeness (QED) is 0.351. The number of rotatable bonds is 5. The number of aromatic nitrogens is 3. The lowest BCUT2D eigenvalue weighted by atomic mass is 10.2. The van der Waals surface area contributed by atoms with Crippen molar-refractivity contribution in [3.05, 3.63) is 52.8 Å². The molecular formula is C23H22N4O3S2. The van der Waals surface area contributed by atoms with Crippen molar-refractivity contribution in [3.63, 3.8) is 0 Å². The number of methoxy groups -OCH3 is 1. The van der Waals surface area contributed by atoms with Crippen molar-refractivity contribution in [1.29, 1.82) is 0 Å². The van der Waals surface area contributed by atoms with Gasteiger partial charge in [0.2, 0.25) is 5.91 Å². The van der Waals surface area contributed by atoms with E-state index in [1.54, 1.807) is 39.8 Å². The fourth-order valence-corrected chi connectivity index (χ4v) is 5.45. The molecule has 0 unspecified atom stereocenters. The van der Waals surface area contributed by atoms with Crippen LogP contribution in [0.4, 0.5) is 5.69 Å². The van der Waals surface area contributed by atoms with Crippen molar-refractivity contribution >= 4 is 57.1 Å². The van der Waals surface area contributed by atoms with Gasteiger partial charge in [-0.1, -0.05) is 17.8 Å². The Kier molecular flexibility index (Phi) is 5.60. The number of nitrogens with one attached hydrogen (secondary N) is 1. The average molecular weight is 467 g/mol. The Balaban J connectivity index is 1.63. The van der Waals surface area contributed by atoms with E-state index in [0.29, 0.717) is 23.3 Å². The summed E-state index contributed by atoms with van der Waals surface area (Å²) in [5, 5.41) is 4.50. The molecule has 0 saturated carbocycles. The molecule has 0 atom stereocenters. The minimum absolute atomic E-state index is 0.0131. The van der Waals surface area contributed by atoms with E-state index >= 15 is 0 Å². The number of amides is 1. The summed E-state index contributed by atoms with van der Waals surface area (Å²) >= 11 is 3.21. The predicted molar refractivity (Wildman–Crippen MR) is 130 cm³/mol. The second-order valence-corrected chi connectivity index (χ2v) is 9.44. The maximum Gasteiger partial charge on any atom is 0.278 e. The van der Waals surface area contributed by atoms with Gasteiger partial charge >= 0.3 is 0 Å². The fourth-order valence-electron chi connectivity index (χ4n) is 4.05. The second-order valence-electron chi connectivity index (χ2n) is 7.50. The Labute approximate surface area is 193 Å². The van der Waals surface area contributed by atoms with Crippen molar-refractivity contribution < 1.29 is 9.53 Å². The molecule has 4 aromatic rings. The van der Waals surface area contributed by atoms with E-state index < -0.39 is 0 Å². The molecular weight excluding hydrogens is 444 g/mol. The van der Waals surface area contributed by atoms with Crippen LogP contribution in [0.25, 0.3) is 21.9 Å². The number of anilines is 1. The normalized spacial score (nSPS) is 13.3. The average Bonchev–Trinajstić information content (AvgIpc) is 3.12. The first kappa shape index (κ1) is 21.0. The molecule has 164 valence electrons. The molecule has 0 saturated heterocycles. The van der Waals surface area contributed by atoms with Crippen LogP contribution >= 0.6 is 23.5 Å². The molecule has 0 aliphatic carbocycles. The first-order chi connectivity index (χ1) is 15.6. The number of thioether (sulfide) groups is 2. The Bertz CT molecular complexity index is 1410. The number of benzene rings is 2. The summed E-state index contributed by atoms with van der Waals surface area (Å²) in [5.74, 6) is 1.42. The lowest BCUT2D eigenvalue weighted by Gasteiger charge is -2.17. The van der Waals surface area contributed by atoms with Gasteiger partial charge in [-0.05, 0) is 49.1 Å². The Hall–Kier alpha value is -2.91. The van der Waals surface area contributed by atoms with E-state index in [-0.39, 0.29) is 18.0 Å². The van der Waals surface area contributed by atoms with Crippen LogP contribution in [-0.2, 0) is 17.9 Å². The van der Waals surface area contributed by atoms with Gasteiger partial charge < -0.3 is 14.6 Å². The summed E-state index contributed by atoms with van der Waals surface area (Å²) in [6.45, 7) is 0.655. The molecule has 2 aromatic carbocycles. The van der Waals surface area contributed by atoms with E-state index in [0.717, 1.165) is 38.8 Å². The predicted octanol–water partition coefficient (Wildman–Crippen LogP) is 4.22. The van der Waals surface area contributed by atoms with Gasteiger partial charge in [0.05, 0.1) is 12.6 Å². The number of hydrogen-bond donors (Lipinski definition) is 1. The van der Waals surface area contributed by atoms with Gasteiger partial charge in [-0.3, -0.25) is 14.2 Å². The number of carbonyl (C=O) groups is 1. The first-order valence-corrected chi connectivity index (χ1v) is 12.5. The number of ether oxygens (including phenoxy) is 1. The van der Waals surface area contributed by atoms with E-state index in [1.807, 2.05) is 48.7 Å². The van der Waals surface area contributed by atoms with Crippen molar-refractivity contribution in [2.45, 2.75) is 29.6 Å². The summed E-state index contributed by atoms with van der Waals surface area (Å²) in [6, 6.07) is 13.3. The third-order valence-electron chi connectivity index (χ3n) is 5.54. The summed E-state index contributed by atoms with van der Waals surface area (Å²) in [6.07, 6.45) is 2.91. The zero-order chi connectivity index (χ0) is 22.2. The summed E-state index contributed by atoms with van der Waals surface area (Å²) in [7, 11) is 1.61. The maximum atomic E-state index is 13.5.